The zero-order valence-corrected chi connectivity index (χ0v) is 12.3. The van der Waals surface area contributed by atoms with Gasteiger partial charge in [0.05, 0.1) is 31.7 Å². The second-order valence-electron chi connectivity index (χ2n) is 5.65. The summed E-state index contributed by atoms with van der Waals surface area (Å²) in [6, 6.07) is 2.67. The van der Waals surface area contributed by atoms with Crippen molar-refractivity contribution in [2.45, 2.75) is 31.9 Å². The monoisotopic (exact) mass is 277 g/mol. The molecule has 2 saturated heterocycles. The Balaban J connectivity index is 1.58. The molecule has 20 heavy (non-hydrogen) atoms. The number of anilines is 1. The van der Waals surface area contributed by atoms with Crippen molar-refractivity contribution in [3.8, 4) is 5.75 Å². The highest BCUT2D eigenvalue weighted by atomic mass is 16.5. The molecule has 0 bridgehead atoms. The summed E-state index contributed by atoms with van der Waals surface area (Å²) in [5, 5.41) is 3.44. The van der Waals surface area contributed by atoms with Crippen LogP contribution in [0.1, 0.15) is 18.5 Å². The fourth-order valence-electron chi connectivity index (χ4n) is 3.08. The van der Waals surface area contributed by atoms with Crippen molar-refractivity contribution >= 4 is 5.69 Å². The van der Waals surface area contributed by atoms with Crippen LogP contribution in [-0.4, -0.2) is 55.4 Å². The van der Waals surface area contributed by atoms with Gasteiger partial charge < -0.3 is 14.8 Å². The lowest BCUT2D eigenvalue weighted by atomic mass is 10.2. The number of aryl methyl sites for hydroxylation is 1. The van der Waals surface area contributed by atoms with Gasteiger partial charge in [-0.05, 0) is 32.4 Å². The second kappa shape index (κ2) is 5.97. The van der Waals surface area contributed by atoms with Gasteiger partial charge in [0.25, 0.3) is 0 Å². The van der Waals surface area contributed by atoms with Crippen molar-refractivity contribution in [1.29, 1.82) is 0 Å². The van der Waals surface area contributed by atoms with Crippen molar-refractivity contribution in [2.75, 3.05) is 38.7 Å². The van der Waals surface area contributed by atoms with Crippen LogP contribution >= 0.6 is 0 Å². The molecule has 0 amide bonds. The number of nitrogens with one attached hydrogen (secondary N) is 1. The highest BCUT2D eigenvalue weighted by molar-refractivity contribution is 5.55. The Hall–Kier alpha value is -1.33. The van der Waals surface area contributed by atoms with Crippen LogP contribution in [0.25, 0.3) is 0 Å². The molecule has 0 spiro atoms. The van der Waals surface area contributed by atoms with E-state index in [2.05, 4.69) is 15.2 Å². The summed E-state index contributed by atoms with van der Waals surface area (Å²) in [7, 11) is 1.67. The molecule has 110 valence electrons. The number of hydrogen-bond acceptors (Lipinski definition) is 5. The van der Waals surface area contributed by atoms with E-state index in [1.807, 2.05) is 13.0 Å². The van der Waals surface area contributed by atoms with E-state index in [9.17, 15) is 0 Å². The van der Waals surface area contributed by atoms with E-state index in [-0.39, 0.29) is 6.10 Å². The van der Waals surface area contributed by atoms with Crippen LogP contribution in [0, 0.1) is 6.92 Å². The van der Waals surface area contributed by atoms with Crippen LogP contribution in [0.2, 0.25) is 0 Å². The van der Waals surface area contributed by atoms with E-state index in [1.54, 1.807) is 13.3 Å². The number of aromatic nitrogens is 1. The minimum absolute atomic E-state index is 0.252. The SMILES string of the molecule is COc1cnc(C)cc1NCC1CN2CCCC2CO1. The van der Waals surface area contributed by atoms with E-state index in [0.29, 0.717) is 6.04 Å². The molecule has 2 atom stereocenters. The summed E-state index contributed by atoms with van der Waals surface area (Å²) in [5.74, 6) is 0.783. The zero-order chi connectivity index (χ0) is 13.9. The number of hydrogen-bond donors (Lipinski definition) is 1. The highest BCUT2D eigenvalue weighted by Crippen LogP contribution is 2.25. The Kier molecular flexibility index (Phi) is 4.08. The van der Waals surface area contributed by atoms with Crippen LogP contribution in [0.4, 0.5) is 5.69 Å². The number of ether oxygens (including phenoxy) is 2. The van der Waals surface area contributed by atoms with E-state index in [0.717, 1.165) is 36.8 Å². The average molecular weight is 277 g/mol. The molecule has 0 radical (unpaired) electrons. The Labute approximate surface area is 120 Å². The molecule has 5 nitrogen and oxygen atoms in total. The lowest BCUT2D eigenvalue weighted by Gasteiger charge is -2.35. The molecule has 0 aromatic carbocycles. The Morgan fingerprint density at radius 2 is 2.45 bits per heavy atom. The highest BCUT2D eigenvalue weighted by Gasteiger charge is 2.32. The van der Waals surface area contributed by atoms with E-state index < -0.39 is 0 Å². The fraction of sp³-hybridized carbons (Fsp3) is 0.667. The maximum atomic E-state index is 5.96. The normalized spacial score (nSPS) is 26.3. The largest absolute Gasteiger partial charge is 0.493 e. The van der Waals surface area contributed by atoms with E-state index in [4.69, 9.17) is 9.47 Å². The first-order chi connectivity index (χ1) is 9.76. The molecule has 1 aromatic rings. The number of morpholine rings is 1. The first-order valence-corrected chi connectivity index (χ1v) is 7.36. The number of methoxy groups -OCH3 is 1. The molecule has 3 rings (SSSR count). The second-order valence-corrected chi connectivity index (χ2v) is 5.65. The molecule has 1 N–H and O–H groups in total. The van der Waals surface area contributed by atoms with E-state index >= 15 is 0 Å². The van der Waals surface area contributed by atoms with E-state index in [1.165, 1.54) is 19.4 Å². The molecule has 0 saturated carbocycles. The third-order valence-corrected chi connectivity index (χ3v) is 4.21. The van der Waals surface area contributed by atoms with Gasteiger partial charge in [0.15, 0.2) is 5.75 Å². The molecular formula is C15H23N3O2. The van der Waals surface area contributed by atoms with Crippen molar-refractivity contribution in [2.24, 2.45) is 0 Å². The van der Waals surface area contributed by atoms with Crippen molar-refractivity contribution in [1.82, 2.24) is 9.88 Å². The predicted octanol–water partition coefficient (Wildman–Crippen LogP) is 1.67. The van der Waals surface area contributed by atoms with Gasteiger partial charge in [0.2, 0.25) is 0 Å². The molecule has 2 unspecified atom stereocenters. The van der Waals surface area contributed by atoms with Crippen molar-refractivity contribution in [3.63, 3.8) is 0 Å². The molecular weight excluding hydrogens is 254 g/mol. The fourth-order valence-corrected chi connectivity index (χ4v) is 3.08. The van der Waals surface area contributed by atoms with Gasteiger partial charge >= 0.3 is 0 Å². The van der Waals surface area contributed by atoms with Crippen molar-refractivity contribution < 1.29 is 9.47 Å². The maximum Gasteiger partial charge on any atom is 0.160 e. The Morgan fingerprint density at radius 1 is 1.55 bits per heavy atom. The third-order valence-electron chi connectivity index (χ3n) is 4.21. The Bertz CT molecular complexity index is 466. The molecule has 5 heteroatoms. The number of pyridine rings is 1. The predicted molar refractivity (Wildman–Crippen MR) is 78.4 cm³/mol. The standard InChI is InChI=1S/C15H23N3O2/c1-11-6-14(15(19-2)8-16-11)17-7-13-9-18-5-3-4-12(18)10-20-13/h6,8,12-13H,3-5,7,9-10H2,1-2H3,(H,16,17). The van der Waals surface area contributed by atoms with Crippen LogP contribution in [0.15, 0.2) is 12.3 Å². The van der Waals surface area contributed by atoms with Crippen LogP contribution in [-0.2, 0) is 4.74 Å². The van der Waals surface area contributed by atoms with Crippen molar-refractivity contribution in [3.05, 3.63) is 18.0 Å². The van der Waals surface area contributed by atoms with Gasteiger partial charge in [-0.15, -0.1) is 0 Å². The average Bonchev–Trinajstić information content (AvgIpc) is 2.92. The smallest absolute Gasteiger partial charge is 0.160 e. The summed E-state index contributed by atoms with van der Waals surface area (Å²) in [4.78, 5) is 6.80. The molecule has 1 aromatic heterocycles. The van der Waals surface area contributed by atoms with Gasteiger partial charge in [0, 0.05) is 24.8 Å². The topological polar surface area (TPSA) is 46.6 Å². The molecule has 2 aliphatic rings. The minimum Gasteiger partial charge on any atom is -0.493 e. The summed E-state index contributed by atoms with van der Waals surface area (Å²) in [6.07, 6.45) is 4.61. The third kappa shape index (κ3) is 2.88. The quantitative estimate of drug-likeness (QED) is 0.907. The first-order valence-electron chi connectivity index (χ1n) is 7.36. The first kappa shape index (κ1) is 13.6. The van der Waals surface area contributed by atoms with Gasteiger partial charge in [-0.1, -0.05) is 0 Å². The molecule has 2 fully saturated rings. The summed E-state index contributed by atoms with van der Waals surface area (Å²) >= 11 is 0. The number of rotatable bonds is 4. The van der Waals surface area contributed by atoms with Gasteiger partial charge in [-0.3, -0.25) is 9.88 Å². The minimum atomic E-state index is 0.252. The molecule has 3 heterocycles. The lowest BCUT2D eigenvalue weighted by Crippen LogP contribution is -2.48. The Morgan fingerprint density at radius 3 is 3.30 bits per heavy atom. The van der Waals surface area contributed by atoms with Crippen LogP contribution in [0.5, 0.6) is 5.75 Å². The molecule has 2 aliphatic heterocycles. The van der Waals surface area contributed by atoms with Gasteiger partial charge in [-0.25, -0.2) is 0 Å². The molecule has 0 aliphatic carbocycles. The van der Waals surface area contributed by atoms with Crippen LogP contribution in [0.3, 0.4) is 0 Å². The summed E-state index contributed by atoms with van der Waals surface area (Å²) in [5.41, 5.74) is 1.98. The summed E-state index contributed by atoms with van der Waals surface area (Å²) in [6.45, 7) is 5.92. The van der Waals surface area contributed by atoms with Crippen LogP contribution < -0.4 is 10.1 Å². The summed E-state index contributed by atoms with van der Waals surface area (Å²) < 4.78 is 11.3. The number of nitrogens with zero attached hydrogens (tertiary/aromatic N) is 2. The lowest BCUT2D eigenvalue weighted by molar-refractivity contribution is -0.0415. The zero-order valence-electron chi connectivity index (χ0n) is 12.3. The van der Waals surface area contributed by atoms with Gasteiger partial charge in [-0.2, -0.15) is 0 Å². The maximum absolute atomic E-state index is 5.96. The van der Waals surface area contributed by atoms with Gasteiger partial charge in [0.1, 0.15) is 0 Å². The number of fused-ring (bicyclic) bond motifs is 1.